The van der Waals surface area contributed by atoms with E-state index >= 15 is 0 Å². The minimum atomic E-state index is -4.92. The highest BCUT2D eigenvalue weighted by Crippen LogP contribution is 2.40. The third-order valence-corrected chi connectivity index (χ3v) is 5.23. The van der Waals surface area contributed by atoms with Gasteiger partial charge in [0.05, 0.1) is 17.9 Å². The first kappa shape index (κ1) is 27.1. The van der Waals surface area contributed by atoms with Gasteiger partial charge in [0.2, 0.25) is 15.9 Å². The predicted molar refractivity (Wildman–Crippen MR) is 126 cm³/mol. The number of hydrogen-bond donors (Lipinski definition) is 1. The van der Waals surface area contributed by atoms with Crippen LogP contribution in [0.1, 0.15) is 23.7 Å². The lowest BCUT2D eigenvalue weighted by Crippen LogP contribution is -2.29. The van der Waals surface area contributed by atoms with Crippen LogP contribution >= 0.6 is 11.6 Å². The summed E-state index contributed by atoms with van der Waals surface area (Å²) in [6.45, 7) is 2.26. The second-order valence-electron chi connectivity index (χ2n) is 7.36. The van der Waals surface area contributed by atoms with Gasteiger partial charge in [-0.15, -0.1) is 13.2 Å². The molecule has 8 nitrogen and oxygen atoms in total. The standard InChI is InChI=1S/C23H20ClF3N2O6S/c1-3-11-33-22-16(5-4-10-28-22)17-12-14(21(30)29-36(2,31)32)6-8-19(17)34-15-7-9-20(18(24)13-15)35-23(25,26)27/h4-10,12-13H,3,11H2,1-2H3,(H,29,30). The summed E-state index contributed by atoms with van der Waals surface area (Å²) in [6.07, 6.45) is -1.87. The van der Waals surface area contributed by atoms with Gasteiger partial charge in [-0.1, -0.05) is 18.5 Å². The van der Waals surface area contributed by atoms with E-state index in [1.807, 2.05) is 11.6 Å². The van der Waals surface area contributed by atoms with Gasteiger partial charge in [0.15, 0.2) is 0 Å². The number of alkyl halides is 3. The zero-order valence-corrected chi connectivity index (χ0v) is 20.5. The molecule has 0 atom stereocenters. The fourth-order valence-electron chi connectivity index (χ4n) is 2.99. The van der Waals surface area contributed by atoms with E-state index < -0.39 is 28.0 Å². The third-order valence-electron chi connectivity index (χ3n) is 4.38. The number of nitrogens with one attached hydrogen (secondary N) is 1. The van der Waals surface area contributed by atoms with Crippen LogP contribution in [0.3, 0.4) is 0 Å². The van der Waals surface area contributed by atoms with Crippen molar-refractivity contribution in [2.45, 2.75) is 19.7 Å². The maximum absolute atomic E-state index is 12.5. The summed E-state index contributed by atoms with van der Waals surface area (Å²) in [4.78, 5) is 16.7. The molecule has 2 aromatic carbocycles. The Balaban J connectivity index is 2.06. The van der Waals surface area contributed by atoms with Crippen molar-refractivity contribution >= 4 is 27.5 Å². The fraction of sp³-hybridized carbons (Fsp3) is 0.217. The quantitative estimate of drug-likeness (QED) is 0.375. The molecule has 1 amide bonds. The Hall–Kier alpha value is -3.51. The van der Waals surface area contributed by atoms with Crippen LogP contribution in [0.25, 0.3) is 11.1 Å². The minimum absolute atomic E-state index is 0.0000251. The molecular formula is C23H20ClF3N2O6S. The van der Waals surface area contributed by atoms with Crippen molar-refractivity contribution in [1.29, 1.82) is 0 Å². The van der Waals surface area contributed by atoms with Crippen molar-refractivity contribution < 1.29 is 40.6 Å². The molecule has 0 bridgehead atoms. The molecule has 1 aromatic heterocycles. The third kappa shape index (κ3) is 7.49. The van der Waals surface area contributed by atoms with Crippen LogP contribution in [-0.4, -0.2) is 38.5 Å². The van der Waals surface area contributed by atoms with Crippen LogP contribution in [-0.2, 0) is 10.0 Å². The van der Waals surface area contributed by atoms with Crippen LogP contribution in [0, 0.1) is 0 Å². The number of amides is 1. The second kappa shape index (κ2) is 11.0. The zero-order valence-electron chi connectivity index (χ0n) is 18.9. The Morgan fingerprint density at radius 1 is 1.08 bits per heavy atom. The van der Waals surface area contributed by atoms with Crippen molar-refractivity contribution in [1.82, 2.24) is 9.71 Å². The van der Waals surface area contributed by atoms with E-state index in [0.717, 1.165) is 18.4 Å². The van der Waals surface area contributed by atoms with Crippen molar-refractivity contribution in [2.24, 2.45) is 0 Å². The molecule has 36 heavy (non-hydrogen) atoms. The molecule has 0 aliphatic rings. The maximum atomic E-state index is 12.5. The molecule has 13 heteroatoms. The first-order valence-corrected chi connectivity index (χ1v) is 12.6. The van der Waals surface area contributed by atoms with Gasteiger partial charge in [0.25, 0.3) is 5.91 Å². The summed E-state index contributed by atoms with van der Waals surface area (Å²) >= 11 is 5.92. The molecule has 3 aromatic rings. The van der Waals surface area contributed by atoms with Gasteiger partial charge < -0.3 is 14.2 Å². The average molecular weight is 545 g/mol. The summed E-state index contributed by atoms with van der Waals surface area (Å²) in [5.41, 5.74) is 0.736. The molecule has 0 aliphatic heterocycles. The normalized spacial score (nSPS) is 11.6. The van der Waals surface area contributed by atoms with E-state index in [0.29, 0.717) is 24.2 Å². The molecule has 0 unspecified atom stereocenters. The van der Waals surface area contributed by atoms with Crippen molar-refractivity contribution in [2.75, 3.05) is 12.9 Å². The van der Waals surface area contributed by atoms with Gasteiger partial charge >= 0.3 is 6.36 Å². The molecular weight excluding hydrogens is 525 g/mol. The van der Waals surface area contributed by atoms with Crippen LogP contribution in [0.2, 0.25) is 5.02 Å². The lowest BCUT2D eigenvalue weighted by Gasteiger charge is -2.16. The monoisotopic (exact) mass is 544 g/mol. The van der Waals surface area contributed by atoms with Gasteiger partial charge in [0.1, 0.15) is 17.2 Å². The highest BCUT2D eigenvalue weighted by Gasteiger charge is 2.32. The zero-order chi connectivity index (χ0) is 26.5. The van der Waals surface area contributed by atoms with Gasteiger partial charge in [-0.25, -0.2) is 18.1 Å². The molecule has 192 valence electrons. The molecule has 1 heterocycles. The summed E-state index contributed by atoms with van der Waals surface area (Å²) < 4.78 is 78.0. The van der Waals surface area contributed by atoms with E-state index in [-0.39, 0.29) is 28.0 Å². The number of hydrogen-bond acceptors (Lipinski definition) is 7. The highest BCUT2D eigenvalue weighted by atomic mass is 35.5. The number of ether oxygens (including phenoxy) is 3. The number of carbonyl (C=O) groups excluding carboxylic acids is 1. The largest absolute Gasteiger partial charge is 0.573 e. The maximum Gasteiger partial charge on any atom is 0.573 e. The summed E-state index contributed by atoms with van der Waals surface area (Å²) in [5, 5.41) is -0.344. The summed E-state index contributed by atoms with van der Waals surface area (Å²) in [7, 11) is -3.82. The van der Waals surface area contributed by atoms with Crippen LogP contribution in [0.4, 0.5) is 13.2 Å². The number of halogens is 4. The molecule has 1 N–H and O–H groups in total. The summed E-state index contributed by atoms with van der Waals surface area (Å²) in [6, 6.07) is 10.7. The molecule has 0 aliphatic carbocycles. The molecule has 0 fully saturated rings. The Bertz CT molecular complexity index is 1370. The molecule has 0 saturated carbocycles. The molecule has 0 radical (unpaired) electrons. The average Bonchev–Trinajstić information content (AvgIpc) is 2.78. The Labute approximate surface area is 210 Å². The van der Waals surface area contributed by atoms with E-state index in [9.17, 15) is 26.4 Å². The number of carbonyl (C=O) groups is 1. The number of aromatic nitrogens is 1. The van der Waals surface area contributed by atoms with E-state index in [4.69, 9.17) is 21.1 Å². The van der Waals surface area contributed by atoms with Gasteiger partial charge in [0, 0.05) is 29.0 Å². The fourth-order valence-corrected chi connectivity index (χ4v) is 3.65. The van der Waals surface area contributed by atoms with Crippen LogP contribution < -0.4 is 18.9 Å². The summed E-state index contributed by atoms with van der Waals surface area (Å²) in [5.74, 6) is -1.00. The Kier molecular flexibility index (Phi) is 8.31. The van der Waals surface area contributed by atoms with Gasteiger partial charge in [-0.05, 0) is 48.9 Å². The van der Waals surface area contributed by atoms with E-state index in [1.165, 1.54) is 30.5 Å². The smallest absolute Gasteiger partial charge is 0.477 e. The predicted octanol–water partition coefficient (Wildman–Crippen LogP) is 5.57. The molecule has 0 saturated heterocycles. The minimum Gasteiger partial charge on any atom is -0.477 e. The van der Waals surface area contributed by atoms with Crippen molar-refractivity contribution in [3.8, 4) is 34.3 Å². The first-order chi connectivity index (χ1) is 16.9. The van der Waals surface area contributed by atoms with Gasteiger partial charge in [-0.2, -0.15) is 0 Å². The van der Waals surface area contributed by atoms with Crippen LogP contribution in [0.5, 0.6) is 23.1 Å². The number of sulfonamides is 1. The highest BCUT2D eigenvalue weighted by molar-refractivity contribution is 7.89. The lowest BCUT2D eigenvalue weighted by molar-refractivity contribution is -0.274. The van der Waals surface area contributed by atoms with E-state index in [2.05, 4.69) is 9.72 Å². The number of nitrogens with zero attached hydrogens (tertiary/aromatic N) is 1. The van der Waals surface area contributed by atoms with E-state index in [1.54, 1.807) is 12.1 Å². The lowest BCUT2D eigenvalue weighted by atomic mass is 10.0. The van der Waals surface area contributed by atoms with Crippen molar-refractivity contribution in [3.63, 3.8) is 0 Å². The first-order valence-electron chi connectivity index (χ1n) is 10.3. The number of benzene rings is 2. The second-order valence-corrected chi connectivity index (χ2v) is 9.52. The number of pyridine rings is 1. The SMILES string of the molecule is CCCOc1ncccc1-c1cc(C(=O)NS(C)(=O)=O)ccc1Oc1ccc(OC(F)(F)F)c(Cl)c1. The van der Waals surface area contributed by atoms with Gasteiger partial charge in [-0.3, -0.25) is 4.79 Å². The topological polar surface area (TPSA) is 104 Å². The number of rotatable bonds is 9. The van der Waals surface area contributed by atoms with Crippen LogP contribution in [0.15, 0.2) is 54.7 Å². The Morgan fingerprint density at radius 3 is 2.44 bits per heavy atom. The molecule has 0 spiro atoms. The van der Waals surface area contributed by atoms with Crippen molar-refractivity contribution in [3.05, 3.63) is 65.3 Å². The Morgan fingerprint density at radius 2 is 1.81 bits per heavy atom. The molecule has 3 rings (SSSR count).